The van der Waals surface area contributed by atoms with E-state index in [0.29, 0.717) is 10.5 Å². The largest absolute Gasteiger partial charge is 0.465 e. The van der Waals surface area contributed by atoms with Crippen LogP contribution in [0.4, 0.5) is 0 Å². The number of thioether (sulfide) groups is 1. The van der Waals surface area contributed by atoms with Gasteiger partial charge in [-0.05, 0) is 6.92 Å². The predicted octanol–water partition coefficient (Wildman–Crippen LogP) is 1.54. The van der Waals surface area contributed by atoms with Crippen molar-refractivity contribution < 1.29 is 19.1 Å². The molecule has 1 atom stereocenters. The average molecular weight is 330 g/mol. The molecule has 0 bridgehead atoms. The number of carbonyl (C=O) groups is 3. The lowest BCUT2D eigenvalue weighted by Gasteiger charge is -2.27. The molecule has 2 aliphatic heterocycles. The van der Waals surface area contributed by atoms with Gasteiger partial charge in [0.2, 0.25) is 5.78 Å². The SMILES string of the molecule is COC(=O)C1=CNC2SC(C(=O)c3ccc(C)cc3)=CN2C1=O. The van der Waals surface area contributed by atoms with Crippen LogP contribution in [0.25, 0.3) is 0 Å². The summed E-state index contributed by atoms with van der Waals surface area (Å²) in [6, 6.07) is 7.23. The Morgan fingerprint density at radius 3 is 2.61 bits per heavy atom. The number of ether oxygens (including phenoxy) is 1. The fourth-order valence-electron chi connectivity index (χ4n) is 2.25. The normalized spacial score (nSPS) is 19.5. The standard InChI is InChI=1S/C16H14N2O4S/c1-9-3-5-10(6-4-9)13(19)12-8-18-14(20)11(15(21)22-2)7-17-16(18)23-12/h3-8,16-17H,1-2H3. The van der Waals surface area contributed by atoms with E-state index in [1.807, 2.05) is 19.1 Å². The van der Waals surface area contributed by atoms with E-state index in [4.69, 9.17) is 0 Å². The number of hydrogen-bond acceptors (Lipinski definition) is 6. The number of amides is 1. The zero-order chi connectivity index (χ0) is 16.6. The third-order valence-electron chi connectivity index (χ3n) is 3.53. The number of carbonyl (C=O) groups excluding carboxylic acids is 3. The predicted molar refractivity (Wildman–Crippen MR) is 85.1 cm³/mol. The van der Waals surface area contributed by atoms with Crippen molar-refractivity contribution in [2.75, 3.05) is 7.11 Å². The van der Waals surface area contributed by atoms with E-state index in [-0.39, 0.29) is 11.4 Å². The molecule has 6 nitrogen and oxygen atoms in total. The number of aryl methyl sites for hydroxylation is 1. The Labute approximate surface area is 137 Å². The van der Waals surface area contributed by atoms with Crippen LogP contribution in [0.1, 0.15) is 15.9 Å². The molecule has 0 saturated carbocycles. The zero-order valence-corrected chi connectivity index (χ0v) is 13.3. The second kappa shape index (κ2) is 5.92. The summed E-state index contributed by atoms with van der Waals surface area (Å²) in [5, 5.41) is 2.92. The number of Topliss-reactive ketones (excluding diaryl/α,β-unsaturated/α-hetero) is 1. The van der Waals surface area contributed by atoms with Crippen LogP contribution in [-0.4, -0.2) is 35.2 Å². The van der Waals surface area contributed by atoms with Crippen LogP contribution in [0.15, 0.2) is 47.1 Å². The molecule has 0 aliphatic carbocycles. The highest BCUT2D eigenvalue weighted by atomic mass is 32.2. The van der Waals surface area contributed by atoms with Gasteiger partial charge < -0.3 is 10.1 Å². The molecule has 0 radical (unpaired) electrons. The van der Waals surface area contributed by atoms with Crippen molar-refractivity contribution in [3.8, 4) is 0 Å². The quantitative estimate of drug-likeness (QED) is 0.515. The Balaban J connectivity index is 1.83. The summed E-state index contributed by atoms with van der Waals surface area (Å²) in [7, 11) is 1.21. The molecule has 2 aliphatic rings. The number of ketones is 1. The highest BCUT2D eigenvalue weighted by Crippen LogP contribution is 2.36. The molecule has 2 heterocycles. The lowest BCUT2D eigenvalue weighted by molar-refractivity contribution is -0.140. The Morgan fingerprint density at radius 1 is 1.26 bits per heavy atom. The second-order valence-electron chi connectivity index (χ2n) is 5.09. The maximum Gasteiger partial charge on any atom is 0.345 e. The second-order valence-corrected chi connectivity index (χ2v) is 6.21. The molecule has 3 rings (SSSR count). The number of fused-ring (bicyclic) bond motifs is 1. The van der Waals surface area contributed by atoms with Crippen molar-refractivity contribution in [1.29, 1.82) is 0 Å². The molecule has 118 valence electrons. The smallest absolute Gasteiger partial charge is 0.345 e. The molecule has 23 heavy (non-hydrogen) atoms. The molecule has 1 amide bonds. The van der Waals surface area contributed by atoms with Gasteiger partial charge in [0.1, 0.15) is 5.57 Å². The van der Waals surface area contributed by atoms with Gasteiger partial charge in [-0.1, -0.05) is 41.6 Å². The van der Waals surface area contributed by atoms with E-state index < -0.39 is 17.4 Å². The highest BCUT2D eigenvalue weighted by Gasteiger charge is 2.39. The molecule has 0 aromatic heterocycles. The molecule has 1 aromatic carbocycles. The summed E-state index contributed by atoms with van der Waals surface area (Å²) in [6.45, 7) is 1.95. The number of benzene rings is 1. The van der Waals surface area contributed by atoms with Crippen molar-refractivity contribution >= 4 is 29.4 Å². The van der Waals surface area contributed by atoms with Crippen molar-refractivity contribution in [1.82, 2.24) is 10.2 Å². The number of methoxy groups -OCH3 is 1. The van der Waals surface area contributed by atoms with Gasteiger partial charge in [0, 0.05) is 18.0 Å². The van der Waals surface area contributed by atoms with Crippen molar-refractivity contribution in [2.24, 2.45) is 0 Å². The number of nitrogens with one attached hydrogen (secondary N) is 1. The van der Waals surface area contributed by atoms with Crippen molar-refractivity contribution in [2.45, 2.75) is 12.4 Å². The van der Waals surface area contributed by atoms with Crippen LogP contribution in [-0.2, 0) is 14.3 Å². The van der Waals surface area contributed by atoms with Crippen LogP contribution >= 0.6 is 11.8 Å². The minimum Gasteiger partial charge on any atom is -0.465 e. The molecule has 1 N–H and O–H groups in total. The molecule has 7 heteroatoms. The fraction of sp³-hybridized carbons (Fsp3) is 0.188. The lowest BCUT2D eigenvalue weighted by Crippen LogP contribution is -2.45. The number of allylic oxidation sites excluding steroid dienone is 1. The molecular formula is C16H14N2O4S. The number of rotatable bonds is 3. The molecule has 1 aromatic rings. The maximum absolute atomic E-state index is 12.5. The fourth-order valence-corrected chi connectivity index (χ4v) is 3.30. The lowest BCUT2D eigenvalue weighted by atomic mass is 10.1. The summed E-state index contributed by atoms with van der Waals surface area (Å²) in [4.78, 5) is 38.2. The maximum atomic E-state index is 12.5. The molecule has 0 spiro atoms. The molecule has 0 saturated heterocycles. The summed E-state index contributed by atoms with van der Waals surface area (Å²) < 4.78 is 4.57. The first-order valence-electron chi connectivity index (χ1n) is 6.88. The van der Waals surface area contributed by atoms with Crippen molar-refractivity contribution in [3.63, 3.8) is 0 Å². The molecular weight excluding hydrogens is 316 g/mol. The van der Waals surface area contributed by atoms with Gasteiger partial charge in [0.05, 0.1) is 12.0 Å². The van der Waals surface area contributed by atoms with Crippen LogP contribution < -0.4 is 5.32 Å². The van der Waals surface area contributed by atoms with Gasteiger partial charge in [-0.2, -0.15) is 0 Å². The minimum absolute atomic E-state index is 0.0929. The van der Waals surface area contributed by atoms with E-state index >= 15 is 0 Å². The van der Waals surface area contributed by atoms with Crippen LogP contribution in [0.5, 0.6) is 0 Å². The van der Waals surface area contributed by atoms with E-state index in [2.05, 4.69) is 10.1 Å². The summed E-state index contributed by atoms with van der Waals surface area (Å²) in [6.07, 6.45) is 2.80. The van der Waals surface area contributed by atoms with E-state index in [0.717, 1.165) is 5.56 Å². The number of hydrogen-bond donors (Lipinski definition) is 1. The van der Waals surface area contributed by atoms with E-state index in [1.54, 1.807) is 12.1 Å². The highest BCUT2D eigenvalue weighted by molar-refractivity contribution is 8.04. The summed E-state index contributed by atoms with van der Waals surface area (Å²) in [5.41, 5.74) is 1.10. The van der Waals surface area contributed by atoms with Gasteiger partial charge in [-0.15, -0.1) is 0 Å². The first-order valence-corrected chi connectivity index (χ1v) is 7.76. The topological polar surface area (TPSA) is 75.7 Å². The first-order chi connectivity index (χ1) is 11.0. The van der Waals surface area contributed by atoms with Crippen LogP contribution in [0.2, 0.25) is 0 Å². The zero-order valence-electron chi connectivity index (χ0n) is 12.5. The third kappa shape index (κ3) is 2.75. The number of nitrogens with zero attached hydrogens (tertiary/aromatic N) is 1. The first kappa shape index (κ1) is 15.4. The Morgan fingerprint density at radius 2 is 1.96 bits per heavy atom. The van der Waals surface area contributed by atoms with Gasteiger partial charge in [-0.25, -0.2) is 4.79 Å². The Kier molecular flexibility index (Phi) is 3.96. The summed E-state index contributed by atoms with van der Waals surface area (Å²) in [5.74, 6) is -1.35. The third-order valence-corrected chi connectivity index (χ3v) is 4.66. The van der Waals surface area contributed by atoms with Gasteiger partial charge in [0.25, 0.3) is 5.91 Å². The minimum atomic E-state index is -0.710. The summed E-state index contributed by atoms with van der Waals surface area (Å²) >= 11 is 1.24. The number of esters is 1. The van der Waals surface area contributed by atoms with Crippen LogP contribution in [0, 0.1) is 6.92 Å². The Hall–Kier alpha value is -2.54. The van der Waals surface area contributed by atoms with Gasteiger partial charge >= 0.3 is 5.97 Å². The van der Waals surface area contributed by atoms with Gasteiger partial charge in [0.15, 0.2) is 5.50 Å². The van der Waals surface area contributed by atoms with Crippen molar-refractivity contribution in [3.05, 3.63) is 58.3 Å². The van der Waals surface area contributed by atoms with E-state index in [1.165, 1.54) is 36.2 Å². The molecule has 0 fully saturated rings. The molecule has 1 unspecified atom stereocenters. The van der Waals surface area contributed by atoms with Crippen LogP contribution in [0.3, 0.4) is 0 Å². The van der Waals surface area contributed by atoms with Gasteiger partial charge in [-0.3, -0.25) is 14.5 Å². The Bertz CT molecular complexity index is 752. The van der Waals surface area contributed by atoms with E-state index in [9.17, 15) is 14.4 Å². The average Bonchev–Trinajstić information content (AvgIpc) is 3.00. The monoisotopic (exact) mass is 330 g/mol.